The first-order valence-electron chi connectivity index (χ1n) is 7.90. The summed E-state index contributed by atoms with van der Waals surface area (Å²) in [5.41, 5.74) is 1.02. The van der Waals surface area contributed by atoms with Crippen molar-refractivity contribution in [3.8, 4) is 5.75 Å². The number of aromatic nitrogens is 1. The molecule has 0 spiro atoms. The van der Waals surface area contributed by atoms with E-state index in [1.54, 1.807) is 42.6 Å². The van der Waals surface area contributed by atoms with Crippen LogP contribution in [0.15, 0.2) is 47.2 Å². The molecular weight excluding hydrogens is 388 g/mol. The van der Waals surface area contributed by atoms with Gasteiger partial charge < -0.3 is 14.8 Å². The van der Waals surface area contributed by atoms with E-state index >= 15 is 0 Å². The third kappa shape index (κ3) is 6.19. The molecule has 2 aromatic rings. The molecule has 0 bridgehead atoms. The molecule has 0 atom stereocenters. The third-order valence-electron chi connectivity index (χ3n) is 3.22. The smallest absolute Gasteiger partial charge is 0.338 e. The van der Waals surface area contributed by atoms with E-state index in [0.29, 0.717) is 28.2 Å². The number of hydrogen-bond acceptors (Lipinski definition) is 5. The Hall–Kier alpha value is -2.41. The molecule has 0 fully saturated rings. The van der Waals surface area contributed by atoms with Crippen molar-refractivity contribution in [3.63, 3.8) is 0 Å². The molecule has 132 valence electrons. The van der Waals surface area contributed by atoms with Gasteiger partial charge in [0.25, 0.3) is 5.91 Å². The van der Waals surface area contributed by atoms with Gasteiger partial charge >= 0.3 is 5.97 Å². The van der Waals surface area contributed by atoms with Crippen LogP contribution in [0.25, 0.3) is 0 Å². The Labute approximate surface area is 154 Å². The van der Waals surface area contributed by atoms with Crippen LogP contribution < -0.4 is 10.1 Å². The molecule has 7 heteroatoms. The van der Waals surface area contributed by atoms with Gasteiger partial charge in [-0.25, -0.2) is 9.78 Å². The lowest BCUT2D eigenvalue weighted by Gasteiger charge is -2.09. The van der Waals surface area contributed by atoms with E-state index in [4.69, 9.17) is 9.47 Å². The lowest BCUT2D eigenvalue weighted by Crippen LogP contribution is -2.20. The van der Waals surface area contributed by atoms with E-state index in [9.17, 15) is 9.59 Å². The van der Waals surface area contributed by atoms with Gasteiger partial charge in [0.1, 0.15) is 4.60 Å². The maximum atomic E-state index is 11.9. The lowest BCUT2D eigenvalue weighted by atomic mass is 10.2. The molecule has 0 aliphatic carbocycles. The van der Waals surface area contributed by atoms with E-state index in [0.717, 1.165) is 12.8 Å². The zero-order valence-corrected chi connectivity index (χ0v) is 15.4. The highest BCUT2D eigenvalue weighted by Crippen LogP contribution is 2.20. The Morgan fingerprint density at radius 3 is 2.64 bits per heavy atom. The van der Waals surface area contributed by atoms with Crippen LogP contribution in [0.4, 0.5) is 5.69 Å². The summed E-state index contributed by atoms with van der Waals surface area (Å²) in [6.45, 7) is 2.29. The minimum absolute atomic E-state index is 0.148. The van der Waals surface area contributed by atoms with Gasteiger partial charge in [-0.1, -0.05) is 13.3 Å². The first kappa shape index (κ1) is 18.9. The number of nitrogens with one attached hydrogen (secondary N) is 1. The summed E-state index contributed by atoms with van der Waals surface area (Å²) in [6, 6.07) is 9.95. The van der Waals surface area contributed by atoms with Crippen LogP contribution in [-0.4, -0.2) is 30.1 Å². The molecule has 25 heavy (non-hydrogen) atoms. The second kappa shape index (κ2) is 9.78. The van der Waals surface area contributed by atoms with Crippen molar-refractivity contribution < 1.29 is 19.1 Å². The Kier molecular flexibility index (Phi) is 7.40. The summed E-state index contributed by atoms with van der Waals surface area (Å²) in [6.07, 6.45) is 3.43. The second-order valence-corrected chi connectivity index (χ2v) is 5.95. The number of halogens is 1. The lowest BCUT2D eigenvalue weighted by molar-refractivity contribution is -0.118. The predicted molar refractivity (Wildman–Crippen MR) is 97.7 cm³/mol. The highest BCUT2D eigenvalue weighted by atomic mass is 79.9. The Bertz CT molecular complexity index is 719. The zero-order valence-electron chi connectivity index (χ0n) is 13.8. The first-order chi connectivity index (χ1) is 12.1. The molecule has 0 unspecified atom stereocenters. The summed E-state index contributed by atoms with van der Waals surface area (Å²) in [4.78, 5) is 27.7. The second-order valence-electron chi connectivity index (χ2n) is 5.20. The van der Waals surface area contributed by atoms with Gasteiger partial charge in [-0.05, 0) is 58.7 Å². The largest absolute Gasteiger partial charge is 0.481 e. The van der Waals surface area contributed by atoms with Gasteiger partial charge in [0.15, 0.2) is 12.4 Å². The summed E-state index contributed by atoms with van der Waals surface area (Å²) >= 11 is 3.25. The molecule has 0 saturated heterocycles. The summed E-state index contributed by atoms with van der Waals surface area (Å²) < 4.78 is 11.1. The molecule has 0 aliphatic heterocycles. The van der Waals surface area contributed by atoms with Crippen molar-refractivity contribution in [2.45, 2.75) is 19.8 Å². The van der Waals surface area contributed by atoms with Gasteiger partial charge in [-0.2, -0.15) is 0 Å². The van der Waals surface area contributed by atoms with Crippen LogP contribution in [0.3, 0.4) is 0 Å². The van der Waals surface area contributed by atoms with E-state index in [-0.39, 0.29) is 18.5 Å². The molecule has 1 aromatic heterocycles. The van der Waals surface area contributed by atoms with Gasteiger partial charge in [0, 0.05) is 11.9 Å². The summed E-state index contributed by atoms with van der Waals surface area (Å²) in [5.74, 6) is -0.187. The molecule has 0 saturated carbocycles. The third-order valence-corrected chi connectivity index (χ3v) is 3.81. The number of carbonyl (C=O) groups excluding carboxylic acids is 2. The van der Waals surface area contributed by atoms with Crippen molar-refractivity contribution in [3.05, 3.63) is 52.8 Å². The molecule has 0 aliphatic rings. The van der Waals surface area contributed by atoms with Crippen molar-refractivity contribution in [2.75, 3.05) is 18.5 Å². The average Bonchev–Trinajstić information content (AvgIpc) is 2.62. The monoisotopic (exact) mass is 406 g/mol. The van der Waals surface area contributed by atoms with Crippen molar-refractivity contribution >= 4 is 33.5 Å². The van der Waals surface area contributed by atoms with Gasteiger partial charge in [0.05, 0.1) is 12.2 Å². The Morgan fingerprint density at radius 1 is 1.20 bits per heavy atom. The van der Waals surface area contributed by atoms with Crippen molar-refractivity contribution in [2.24, 2.45) is 0 Å². The number of amides is 1. The topological polar surface area (TPSA) is 77.5 Å². The number of hydrogen-bond donors (Lipinski definition) is 1. The highest BCUT2D eigenvalue weighted by molar-refractivity contribution is 9.10. The zero-order chi connectivity index (χ0) is 18.1. The summed E-state index contributed by atoms with van der Waals surface area (Å²) in [5, 5.41) is 2.70. The number of ether oxygens (including phenoxy) is 2. The Morgan fingerprint density at radius 2 is 1.96 bits per heavy atom. The molecular formula is C18H19BrN2O4. The normalized spacial score (nSPS) is 10.2. The van der Waals surface area contributed by atoms with E-state index in [1.165, 1.54) is 0 Å². The highest BCUT2D eigenvalue weighted by Gasteiger charge is 2.09. The number of benzene rings is 1. The van der Waals surface area contributed by atoms with Gasteiger partial charge in [0.2, 0.25) is 0 Å². The van der Waals surface area contributed by atoms with Crippen LogP contribution in [0.5, 0.6) is 5.75 Å². The molecule has 2 rings (SSSR count). The number of anilines is 1. The molecule has 1 heterocycles. The molecule has 0 radical (unpaired) electrons. The fourth-order valence-electron chi connectivity index (χ4n) is 1.90. The number of carbonyl (C=O) groups is 2. The maximum absolute atomic E-state index is 11.9. The minimum Gasteiger partial charge on any atom is -0.481 e. The van der Waals surface area contributed by atoms with Gasteiger partial charge in [-0.3, -0.25) is 4.79 Å². The molecule has 1 N–H and O–H groups in total. The van der Waals surface area contributed by atoms with Crippen LogP contribution in [-0.2, 0) is 9.53 Å². The molecule has 1 amide bonds. The average molecular weight is 407 g/mol. The first-order valence-corrected chi connectivity index (χ1v) is 8.70. The van der Waals surface area contributed by atoms with Gasteiger partial charge in [-0.15, -0.1) is 0 Å². The quantitative estimate of drug-likeness (QED) is 0.409. The van der Waals surface area contributed by atoms with Crippen molar-refractivity contribution in [1.82, 2.24) is 4.98 Å². The fraction of sp³-hybridized carbons (Fsp3) is 0.278. The number of nitrogens with zero attached hydrogens (tertiary/aromatic N) is 1. The van der Waals surface area contributed by atoms with E-state index < -0.39 is 0 Å². The van der Waals surface area contributed by atoms with Crippen LogP contribution in [0.2, 0.25) is 0 Å². The standard InChI is InChI=1S/C18H19BrN2O4/c1-2-3-11-24-18(23)13-6-8-14(9-7-13)21-16(22)12-25-15-5-4-10-20-17(15)19/h4-10H,2-3,11-12H2,1H3,(H,21,22). The predicted octanol–water partition coefficient (Wildman–Crippen LogP) is 3.82. The molecule has 1 aromatic carbocycles. The number of esters is 1. The Balaban J connectivity index is 1.83. The molecule has 6 nitrogen and oxygen atoms in total. The van der Waals surface area contributed by atoms with Crippen molar-refractivity contribution in [1.29, 1.82) is 0 Å². The number of unbranched alkanes of at least 4 members (excludes halogenated alkanes) is 1. The minimum atomic E-state index is -0.365. The number of rotatable bonds is 8. The maximum Gasteiger partial charge on any atom is 0.338 e. The van der Waals surface area contributed by atoms with Crippen LogP contribution in [0, 0.1) is 0 Å². The number of pyridine rings is 1. The van der Waals surface area contributed by atoms with E-state index in [2.05, 4.69) is 26.2 Å². The van der Waals surface area contributed by atoms with E-state index in [1.807, 2.05) is 6.92 Å². The van der Waals surface area contributed by atoms with Crippen LogP contribution in [0.1, 0.15) is 30.1 Å². The fourth-order valence-corrected chi connectivity index (χ4v) is 2.27. The summed E-state index contributed by atoms with van der Waals surface area (Å²) in [7, 11) is 0. The SMILES string of the molecule is CCCCOC(=O)c1ccc(NC(=O)COc2cccnc2Br)cc1. The van der Waals surface area contributed by atoms with Crippen LogP contribution >= 0.6 is 15.9 Å².